The predicted molar refractivity (Wildman–Crippen MR) is 74.4 cm³/mol. The zero-order valence-electron chi connectivity index (χ0n) is 12.2. The van der Waals surface area contributed by atoms with Crippen molar-refractivity contribution in [2.75, 3.05) is 19.6 Å². The Bertz CT molecular complexity index is 291. The first-order valence-electron chi connectivity index (χ1n) is 7.56. The van der Waals surface area contributed by atoms with Gasteiger partial charge in [-0.25, -0.2) is 0 Å². The molecule has 1 saturated carbocycles. The third-order valence-corrected chi connectivity index (χ3v) is 4.62. The molecule has 1 heterocycles. The van der Waals surface area contributed by atoms with Gasteiger partial charge in [-0.3, -0.25) is 4.79 Å². The molecule has 0 atom stereocenters. The van der Waals surface area contributed by atoms with E-state index in [1.807, 2.05) is 0 Å². The van der Waals surface area contributed by atoms with Crippen LogP contribution >= 0.6 is 0 Å². The smallest absolute Gasteiger partial charge is 0.228 e. The van der Waals surface area contributed by atoms with Crippen molar-refractivity contribution in [3.05, 3.63) is 0 Å². The summed E-state index contributed by atoms with van der Waals surface area (Å²) in [4.78, 5) is 14.9. The fraction of sp³-hybridized carbons (Fsp3) is 0.933. The lowest BCUT2D eigenvalue weighted by Crippen LogP contribution is -2.46. The number of hydrogen-bond acceptors (Lipinski definition) is 2. The Morgan fingerprint density at radius 1 is 1.22 bits per heavy atom. The minimum atomic E-state index is -0.185. The first-order chi connectivity index (χ1) is 8.54. The molecule has 0 radical (unpaired) electrons. The molecule has 0 aromatic heterocycles. The molecule has 0 aromatic rings. The third-order valence-electron chi connectivity index (χ3n) is 4.62. The summed E-state index contributed by atoms with van der Waals surface area (Å²) in [6.45, 7) is 9.53. The largest absolute Gasteiger partial charge is 0.339 e. The van der Waals surface area contributed by atoms with Gasteiger partial charge in [0.05, 0.1) is 0 Å². The van der Waals surface area contributed by atoms with Crippen molar-refractivity contribution in [3.8, 4) is 0 Å². The molecule has 1 aliphatic heterocycles. The van der Waals surface area contributed by atoms with E-state index in [1.165, 1.54) is 25.7 Å². The van der Waals surface area contributed by atoms with Crippen molar-refractivity contribution in [2.24, 2.45) is 11.3 Å². The summed E-state index contributed by atoms with van der Waals surface area (Å²) in [6.07, 6.45) is 5.82. The van der Waals surface area contributed by atoms with Crippen molar-refractivity contribution >= 4 is 5.91 Å². The van der Waals surface area contributed by atoms with Crippen molar-refractivity contribution < 1.29 is 4.79 Å². The van der Waals surface area contributed by atoms with E-state index in [9.17, 15) is 4.79 Å². The highest BCUT2D eigenvalue weighted by molar-refractivity contribution is 5.82. The second kappa shape index (κ2) is 5.60. The van der Waals surface area contributed by atoms with Gasteiger partial charge in [0.25, 0.3) is 0 Å². The molecule has 1 aliphatic carbocycles. The van der Waals surface area contributed by atoms with Crippen molar-refractivity contribution in [1.29, 1.82) is 0 Å². The van der Waals surface area contributed by atoms with Gasteiger partial charge in [-0.2, -0.15) is 0 Å². The quantitative estimate of drug-likeness (QED) is 0.815. The van der Waals surface area contributed by atoms with Gasteiger partial charge in [0.15, 0.2) is 0 Å². The molecule has 1 amide bonds. The first-order valence-corrected chi connectivity index (χ1v) is 7.56. The normalized spacial score (nSPS) is 21.9. The number of nitrogens with zero attached hydrogens (tertiary/aromatic N) is 1. The minimum Gasteiger partial charge on any atom is -0.339 e. The molecule has 104 valence electrons. The summed E-state index contributed by atoms with van der Waals surface area (Å²) in [6, 6.07) is 0.554. The van der Waals surface area contributed by atoms with Gasteiger partial charge < -0.3 is 10.2 Å². The van der Waals surface area contributed by atoms with Crippen LogP contribution in [0.4, 0.5) is 0 Å². The van der Waals surface area contributed by atoms with Crippen LogP contribution < -0.4 is 5.32 Å². The number of amides is 1. The van der Waals surface area contributed by atoms with Crippen LogP contribution in [-0.2, 0) is 4.79 Å². The Morgan fingerprint density at radius 3 is 2.33 bits per heavy atom. The Kier molecular flexibility index (Phi) is 4.31. The Balaban J connectivity index is 1.97. The first kappa shape index (κ1) is 13.9. The van der Waals surface area contributed by atoms with Crippen molar-refractivity contribution in [1.82, 2.24) is 10.2 Å². The van der Waals surface area contributed by atoms with Crippen LogP contribution in [0, 0.1) is 11.3 Å². The lowest BCUT2D eigenvalue weighted by Gasteiger charge is -2.35. The van der Waals surface area contributed by atoms with E-state index in [2.05, 4.69) is 31.0 Å². The molecule has 0 spiro atoms. The average Bonchev–Trinajstić information content (AvgIpc) is 3.20. The number of carbonyl (C=O) groups is 1. The van der Waals surface area contributed by atoms with E-state index in [4.69, 9.17) is 0 Å². The van der Waals surface area contributed by atoms with E-state index in [0.717, 1.165) is 26.1 Å². The molecule has 2 rings (SSSR count). The molecule has 0 bridgehead atoms. The number of carbonyl (C=O) groups excluding carboxylic acids is 1. The number of rotatable bonds is 5. The topological polar surface area (TPSA) is 32.3 Å². The molecular weight excluding hydrogens is 224 g/mol. The Labute approximate surface area is 111 Å². The van der Waals surface area contributed by atoms with E-state index in [-0.39, 0.29) is 5.41 Å². The predicted octanol–water partition coefficient (Wildman–Crippen LogP) is 2.41. The number of nitrogens with one attached hydrogen (secondary N) is 1. The van der Waals surface area contributed by atoms with E-state index < -0.39 is 0 Å². The second-order valence-corrected chi connectivity index (χ2v) is 6.62. The van der Waals surface area contributed by atoms with Gasteiger partial charge in [0.2, 0.25) is 5.91 Å². The maximum atomic E-state index is 12.7. The van der Waals surface area contributed by atoms with Crippen LogP contribution in [0.3, 0.4) is 0 Å². The number of hydrogen-bond donors (Lipinski definition) is 1. The summed E-state index contributed by atoms with van der Waals surface area (Å²) in [5.74, 6) is 1.09. The monoisotopic (exact) mass is 252 g/mol. The summed E-state index contributed by atoms with van der Waals surface area (Å²) in [5.41, 5.74) is -0.185. The summed E-state index contributed by atoms with van der Waals surface area (Å²) >= 11 is 0. The highest BCUT2D eigenvalue weighted by Gasteiger charge is 2.39. The summed E-state index contributed by atoms with van der Waals surface area (Å²) in [7, 11) is 0. The second-order valence-electron chi connectivity index (χ2n) is 6.62. The van der Waals surface area contributed by atoms with Crippen LogP contribution in [0.1, 0.15) is 52.9 Å². The average molecular weight is 252 g/mol. The highest BCUT2D eigenvalue weighted by Crippen LogP contribution is 2.34. The molecule has 3 nitrogen and oxygen atoms in total. The Hall–Kier alpha value is -0.570. The van der Waals surface area contributed by atoms with Gasteiger partial charge in [0.1, 0.15) is 0 Å². The Morgan fingerprint density at radius 2 is 1.83 bits per heavy atom. The molecule has 1 saturated heterocycles. The molecule has 2 aliphatic rings. The van der Waals surface area contributed by atoms with E-state index in [0.29, 0.717) is 17.9 Å². The molecule has 18 heavy (non-hydrogen) atoms. The van der Waals surface area contributed by atoms with Crippen LogP contribution in [-0.4, -0.2) is 36.5 Å². The van der Waals surface area contributed by atoms with Crippen LogP contribution in [0.25, 0.3) is 0 Å². The lowest BCUT2D eigenvalue weighted by atomic mass is 9.87. The van der Waals surface area contributed by atoms with Crippen LogP contribution in [0.15, 0.2) is 0 Å². The molecule has 0 aromatic carbocycles. The molecular formula is C15H28N2O. The van der Waals surface area contributed by atoms with Gasteiger partial charge in [0, 0.05) is 18.0 Å². The van der Waals surface area contributed by atoms with Crippen LogP contribution in [0.5, 0.6) is 0 Å². The van der Waals surface area contributed by atoms with Crippen molar-refractivity contribution in [3.63, 3.8) is 0 Å². The number of piperidine rings is 1. The van der Waals surface area contributed by atoms with Gasteiger partial charge >= 0.3 is 0 Å². The maximum absolute atomic E-state index is 12.7. The van der Waals surface area contributed by atoms with E-state index in [1.54, 1.807) is 0 Å². The van der Waals surface area contributed by atoms with Crippen molar-refractivity contribution in [2.45, 2.75) is 58.9 Å². The van der Waals surface area contributed by atoms with Gasteiger partial charge in [-0.15, -0.1) is 0 Å². The van der Waals surface area contributed by atoms with Gasteiger partial charge in [-0.1, -0.05) is 20.8 Å². The standard InChI is InChI=1S/C15H28N2O/c1-4-15(2,3)14(18)17(13-5-6-13)11-12-7-9-16-10-8-12/h12-13,16H,4-11H2,1-3H3. The van der Waals surface area contributed by atoms with E-state index >= 15 is 0 Å². The zero-order chi connectivity index (χ0) is 13.2. The minimum absolute atomic E-state index is 0.185. The fourth-order valence-corrected chi connectivity index (χ4v) is 2.67. The molecule has 2 fully saturated rings. The highest BCUT2D eigenvalue weighted by atomic mass is 16.2. The summed E-state index contributed by atoms with van der Waals surface area (Å²) < 4.78 is 0. The third kappa shape index (κ3) is 3.25. The maximum Gasteiger partial charge on any atom is 0.228 e. The molecule has 0 unspecified atom stereocenters. The molecule has 3 heteroatoms. The summed E-state index contributed by atoms with van der Waals surface area (Å²) in [5, 5.41) is 3.40. The fourth-order valence-electron chi connectivity index (χ4n) is 2.67. The SMILES string of the molecule is CCC(C)(C)C(=O)N(CC1CCNCC1)C1CC1. The lowest BCUT2D eigenvalue weighted by molar-refractivity contribution is -0.142. The molecule has 1 N–H and O–H groups in total. The van der Waals surface area contributed by atoms with Crippen LogP contribution in [0.2, 0.25) is 0 Å². The zero-order valence-corrected chi connectivity index (χ0v) is 12.2. The van der Waals surface area contributed by atoms with Gasteiger partial charge in [-0.05, 0) is 51.1 Å².